The number of carboxylic acid groups (broad SMARTS) is 1. The van der Waals surface area contributed by atoms with Gasteiger partial charge in [-0.25, -0.2) is 14.0 Å². The van der Waals surface area contributed by atoms with Crippen LogP contribution in [0.1, 0.15) is 15.9 Å². The third-order valence-corrected chi connectivity index (χ3v) is 5.04. The van der Waals surface area contributed by atoms with Gasteiger partial charge in [-0.3, -0.25) is 0 Å². The second-order valence-corrected chi connectivity index (χ2v) is 6.88. The van der Waals surface area contributed by atoms with Crippen LogP contribution in [0.25, 0.3) is 10.4 Å². The van der Waals surface area contributed by atoms with Gasteiger partial charge in [-0.1, -0.05) is 41.9 Å². The minimum absolute atomic E-state index is 0.0108. The van der Waals surface area contributed by atoms with Crippen molar-refractivity contribution in [2.45, 2.75) is 6.54 Å². The highest BCUT2D eigenvalue weighted by Gasteiger charge is 2.21. The highest BCUT2D eigenvalue weighted by Crippen LogP contribution is 2.36. The van der Waals surface area contributed by atoms with E-state index in [0.717, 1.165) is 0 Å². The number of halogens is 2. The first-order valence-electron chi connectivity index (χ1n) is 7.84. The number of thiophene rings is 1. The van der Waals surface area contributed by atoms with Crippen molar-refractivity contribution in [1.29, 1.82) is 0 Å². The number of hydrogen-bond donors (Lipinski definition) is 3. The summed E-state index contributed by atoms with van der Waals surface area (Å²) in [6.07, 6.45) is 0. The monoisotopic (exact) mass is 404 g/mol. The molecule has 138 valence electrons. The Kier molecular flexibility index (Phi) is 5.73. The molecule has 0 atom stereocenters. The summed E-state index contributed by atoms with van der Waals surface area (Å²) in [6.45, 7) is -0.0188. The zero-order valence-corrected chi connectivity index (χ0v) is 15.4. The first kappa shape index (κ1) is 18.9. The average molecular weight is 405 g/mol. The Labute approximate surface area is 163 Å². The van der Waals surface area contributed by atoms with E-state index < -0.39 is 17.8 Å². The zero-order valence-electron chi connectivity index (χ0n) is 13.8. The number of anilines is 1. The van der Waals surface area contributed by atoms with Gasteiger partial charge in [0.15, 0.2) is 0 Å². The lowest BCUT2D eigenvalue weighted by atomic mass is 10.1. The normalized spacial score (nSPS) is 10.4. The van der Waals surface area contributed by atoms with Crippen molar-refractivity contribution < 1.29 is 19.1 Å². The van der Waals surface area contributed by atoms with Gasteiger partial charge in [0, 0.05) is 22.5 Å². The number of aromatic carboxylic acids is 1. The van der Waals surface area contributed by atoms with Crippen LogP contribution in [-0.2, 0) is 6.54 Å². The third kappa shape index (κ3) is 4.45. The summed E-state index contributed by atoms with van der Waals surface area (Å²) >= 11 is 7.06. The number of carboxylic acids is 1. The summed E-state index contributed by atoms with van der Waals surface area (Å²) < 4.78 is 13.6. The number of benzene rings is 2. The summed E-state index contributed by atoms with van der Waals surface area (Å²) in [5, 5.41) is 16.7. The van der Waals surface area contributed by atoms with E-state index in [4.69, 9.17) is 11.6 Å². The molecule has 0 aliphatic heterocycles. The van der Waals surface area contributed by atoms with E-state index >= 15 is 0 Å². The zero-order chi connectivity index (χ0) is 19.4. The fourth-order valence-corrected chi connectivity index (χ4v) is 3.59. The average Bonchev–Trinajstić information content (AvgIpc) is 3.05. The Morgan fingerprint density at radius 3 is 2.48 bits per heavy atom. The first-order valence-corrected chi connectivity index (χ1v) is 9.10. The van der Waals surface area contributed by atoms with Gasteiger partial charge in [0.1, 0.15) is 11.4 Å². The van der Waals surface area contributed by atoms with Gasteiger partial charge in [-0.2, -0.15) is 0 Å². The van der Waals surface area contributed by atoms with Gasteiger partial charge in [0.25, 0.3) is 0 Å². The van der Waals surface area contributed by atoms with Crippen LogP contribution in [0.5, 0.6) is 0 Å². The maximum Gasteiger partial charge on any atom is 0.339 e. The number of nitrogens with one attached hydrogen (secondary N) is 2. The van der Waals surface area contributed by atoms with Crippen LogP contribution >= 0.6 is 22.9 Å². The molecule has 1 heterocycles. The molecule has 3 N–H and O–H groups in total. The molecule has 0 saturated carbocycles. The van der Waals surface area contributed by atoms with Crippen molar-refractivity contribution in [2.24, 2.45) is 0 Å². The highest BCUT2D eigenvalue weighted by molar-refractivity contribution is 7.14. The number of carbonyl (C=O) groups is 2. The van der Waals surface area contributed by atoms with Crippen LogP contribution in [0.3, 0.4) is 0 Å². The predicted molar refractivity (Wildman–Crippen MR) is 104 cm³/mol. The molecule has 5 nitrogen and oxygen atoms in total. The molecule has 0 bridgehead atoms. The lowest BCUT2D eigenvalue weighted by Crippen LogP contribution is -2.29. The SMILES string of the molecule is O=C(NCc1ccccc1F)Nc1csc(-c2ccc(Cl)cc2)c1C(=O)O. The summed E-state index contributed by atoms with van der Waals surface area (Å²) in [6, 6.07) is 12.2. The minimum Gasteiger partial charge on any atom is -0.478 e. The van der Waals surface area contributed by atoms with Crippen molar-refractivity contribution in [3.05, 3.63) is 75.9 Å². The molecular weight excluding hydrogens is 391 g/mol. The van der Waals surface area contributed by atoms with E-state index in [1.807, 2.05) is 0 Å². The van der Waals surface area contributed by atoms with Crippen LogP contribution < -0.4 is 10.6 Å². The Balaban J connectivity index is 1.76. The van der Waals surface area contributed by atoms with Crippen LogP contribution in [0.15, 0.2) is 53.9 Å². The Bertz CT molecular complexity index is 989. The molecule has 0 saturated heterocycles. The van der Waals surface area contributed by atoms with Gasteiger partial charge in [-0.15, -0.1) is 11.3 Å². The lowest BCUT2D eigenvalue weighted by molar-refractivity contribution is 0.0699. The topological polar surface area (TPSA) is 78.4 Å². The van der Waals surface area contributed by atoms with Crippen molar-refractivity contribution in [2.75, 3.05) is 5.32 Å². The van der Waals surface area contributed by atoms with E-state index in [0.29, 0.717) is 21.0 Å². The summed E-state index contributed by atoms with van der Waals surface area (Å²) in [5.41, 5.74) is 1.17. The molecule has 0 unspecified atom stereocenters. The Morgan fingerprint density at radius 1 is 1.11 bits per heavy atom. The van der Waals surface area contributed by atoms with Gasteiger partial charge < -0.3 is 15.7 Å². The van der Waals surface area contributed by atoms with Crippen molar-refractivity contribution >= 4 is 40.6 Å². The smallest absolute Gasteiger partial charge is 0.339 e. The van der Waals surface area contributed by atoms with Crippen LogP contribution in [0, 0.1) is 5.82 Å². The number of rotatable bonds is 5. The molecule has 3 rings (SSSR count). The molecule has 2 amide bonds. The molecule has 0 aliphatic rings. The molecular formula is C19H14ClFN2O3S. The van der Waals surface area contributed by atoms with Crippen molar-refractivity contribution in [3.63, 3.8) is 0 Å². The quantitative estimate of drug-likeness (QED) is 0.545. The fourth-order valence-electron chi connectivity index (χ4n) is 2.46. The highest BCUT2D eigenvalue weighted by atomic mass is 35.5. The molecule has 0 spiro atoms. The molecule has 0 fully saturated rings. The Hall–Kier alpha value is -2.90. The number of urea groups is 1. The van der Waals surface area contributed by atoms with Crippen LogP contribution in [0.4, 0.5) is 14.9 Å². The van der Waals surface area contributed by atoms with Gasteiger partial charge in [-0.05, 0) is 23.8 Å². The number of amides is 2. The summed E-state index contributed by atoms with van der Waals surface area (Å²) in [7, 11) is 0. The molecule has 8 heteroatoms. The van der Waals surface area contributed by atoms with E-state index in [2.05, 4.69) is 10.6 Å². The van der Waals surface area contributed by atoms with Crippen molar-refractivity contribution in [1.82, 2.24) is 5.32 Å². The second kappa shape index (κ2) is 8.20. The summed E-state index contributed by atoms with van der Waals surface area (Å²) in [4.78, 5) is 24.3. The largest absolute Gasteiger partial charge is 0.478 e. The van der Waals surface area contributed by atoms with E-state index in [1.165, 1.54) is 17.4 Å². The molecule has 0 aliphatic carbocycles. The maximum atomic E-state index is 13.6. The van der Waals surface area contributed by atoms with E-state index in [9.17, 15) is 19.1 Å². The van der Waals surface area contributed by atoms with Crippen molar-refractivity contribution in [3.8, 4) is 10.4 Å². The predicted octanol–water partition coefficient (Wildman–Crippen LogP) is 5.23. The van der Waals surface area contributed by atoms with Gasteiger partial charge >= 0.3 is 12.0 Å². The fraction of sp³-hybridized carbons (Fsp3) is 0.0526. The van der Waals surface area contributed by atoms with Crippen LogP contribution in [0.2, 0.25) is 5.02 Å². The molecule has 0 radical (unpaired) electrons. The van der Waals surface area contributed by atoms with Gasteiger partial charge in [0.05, 0.1) is 10.6 Å². The lowest BCUT2D eigenvalue weighted by Gasteiger charge is -2.09. The number of hydrogen-bond acceptors (Lipinski definition) is 3. The number of carbonyl (C=O) groups excluding carboxylic acids is 1. The van der Waals surface area contributed by atoms with Gasteiger partial charge in [0.2, 0.25) is 0 Å². The molecule has 1 aromatic heterocycles. The standard InChI is InChI=1S/C19H14ClFN2O3S/c20-13-7-5-11(6-8-13)17-16(18(24)25)15(10-27-17)23-19(26)22-9-12-3-1-2-4-14(12)21/h1-8,10H,9H2,(H,24,25)(H2,22,23,26). The third-order valence-electron chi connectivity index (χ3n) is 3.76. The molecule has 2 aromatic carbocycles. The van der Waals surface area contributed by atoms with E-state index in [1.54, 1.807) is 47.8 Å². The Morgan fingerprint density at radius 2 is 1.81 bits per heavy atom. The minimum atomic E-state index is -1.16. The molecule has 27 heavy (non-hydrogen) atoms. The van der Waals surface area contributed by atoms with Crippen LogP contribution in [-0.4, -0.2) is 17.1 Å². The first-order chi connectivity index (χ1) is 13.0. The van der Waals surface area contributed by atoms with E-state index in [-0.39, 0.29) is 17.8 Å². The second-order valence-electron chi connectivity index (χ2n) is 5.56. The maximum absolute atomic E-state index is 13.6. The molecule has 3 aromatic rings. The summed E-state index contributed by atoms with van der Waals surface area (Å²) in [5.74, 6) is -1.59.